The first kappa shape index (κ1) is 31.6. The van der Waals surface area contributed by atoms with Gasteiger partial charge in [0.15, 0.2) is 0 Å². The van der Waals surface area contributed by atoms with Crippen molar-refractivity contribution >= 4 is 35.2 Å². The summed E-state index contributed by atoms with van der Waals surface area (Å²) in [7, 11) is 0. The normalized spacial score (nSPS) is 12.7. The minimum Gasteiger partial charge on any atom is -0.444 e. The average Bonchev–Trinajstić information content (AvgIpc) is 2.81. The maximum atomic E-state index is 14.0. The van der Waals surface area contributed by atoms with Crippen molar-refractivity contribution in [2.24, 2.45) is 5.92 Å². The van der Waals surface area contributed by atoms with Crippen LogP contribution in [-0.2, 0) is 14.3 Å². The number of hydrogen-bond acceptors (Lipinski definition) is 5. The molecule has 0 aliphatic rings. The average molecular weight is 555 g/mol. The van der Waals surface area contributed by atoms with Crippen LogP contribution in [0.5, 0.6) is 0 Å². The molecule has 0 heterocycles. The number of rotatable bonds is 9. The molecule has 0 saturated carbocycles. The Morgan fingerprint density at radius 3 is 2.26 bits per heavy atom. The van der Waals surface area contributed by atoms with E-state index in [1.54, 1.807) is 39.0 Å². The van der Waals surface area contributed by atoms with Crippen molar-refractivity contribution < 1.29 is 19.1 Å². The molecule has 0 saturated heterocycles. The second-order valence-electron chi connectivity index (χ2n) is 11.1. The van der Waals surface area contributed by atoms with Crippen LogP contribution < -0.4 is 10.6 Å². The van der Waals surface area contributed by atoms with E-state index in [9.17, 15) is 19.6 Å². The van der Waals surface area contributed by atoms with Gasteiger partial charge in [-0.05, 0) is 82.2 Å². The summed E-state index contributed by atoms with van der Waals surface area (Å²) in [5.74, 6) is -1.07. The van der Waals surface area contributed by atoms with E-state index in [1.807, 2.05) is 58.9 Å². The van der Waals surface area contributed by atoms with E-state index in [-0.39, 0.29) is 18.9 Å². The lowest BCUT2D eigenvalue weighted by Gasteiger charge is -2.33. The van der Waals surface area contributed by atoms with Crippen molar-refractivity contribution in [1.29, 1.82) is 5.26 Å². The number of anilines is 1. The first-order valence-corrected chi connectivity index (χ1v) is 13.3. The summed E-state index contributed by atoms with van der Waals surface area (Å²) < 4.78 is 5.39. The Bertz CT molecular complexity index is 1230. The molecule has 39 heavy (non-hydrogen) atoms. The van der Waals surface area contributed by atoms with Crippen molar-refractivity contribution in [3.05, 3.63) is 63.7 Å². The third-order valence-corrected chi connectivity index (χ3v) is 6.41. The molecule has 0 aromatic heterocycles. The standard InChI is InChI=1S/C30H39ClN4O4/c1-18(2)16-24(33-29(38)39-30(6,7)8)28(37)35(15-14-32)26(22-13-12-19(3)21(5)17-22)27(36)34-25-20(4)10-9-11-23(25)31/h9-13,17-18,24,26H,15-16H2,1-8H3,(H,33,38)(H,34,36). The van der Waals surface area contributed by atoms with E-state index in [0.717, 1.165) is 16.7 Å². The largest absolute Gasteiger partial charge is 0.444 e. The van der Waals surface area contributed by atoms with E-state index >= 15 is 0 Å². The molecule has 3 amide bonds. The number of nitrogens with one attached hydrogen (secondary N) is 2. The van der Waals surface area contributed by atoms with Crippen molar-refractivity contribution in [3.63, 3.8) is 0 Å². The molecular weight excluding hydrogens is 516 g/mol. The van der Waals surface area contributed by atoms with Crippen LogP contribution in [0.15, 0.2) is 36.4 Å². The molecule has 2 unspecified atom stereocenters. The highest BCUT2D eigenvalue weighted by Gasteiger charge is 2.37. The first-order chi connectivity index (χ1) is 18.1. The Balaban J connectivity index is 2.59. The number of nitriles is 1. The molecular formula is C30H39ClN4O4. The fourth-order valence-corrected chi connectivity index (χ4v) is 4.37. The van der Waals surface area contributed by atoms with Gasteiger partial charge in [0.1, 0.15) is 24.2 Å². The van der Waals surface area contributed by atoms with Gasteiger partial charge in [-0.15, -0.1) is 0 Å². The van der Waals surface area contributed by atoms with E-state index in [0.29, 0.717) is 16.3 Å². The molecule has 9 heteroatoms. The highest BCUT2D eigenvalue weighted by molar-refractivity contribution is 6.34. The third kappa shape index (κ3) is 9.00. The van der Waals surface area contributed by atoms with E-state index in [4.69, 9.17) is 16.3 Å². The van der Waals surface area contributed by atoms with Gasteiger partial charge in [-0.1, -0.05) is 55.8 Å². The molecule has 0 radical (unpaired) electrons. The fourth-order valence-electron chi connectivity index (χ4n) is 4.10. The van der Waals surface area contributed by atoms with Crippen LogP contribution in [0.4, 0.5) is 10.5 Å². The molecule has 210 valence electrons. The summed E-state index contributed by atoms with van der Waals surface area (Å²) in [6, 6.07) is 10.6. The van der Waals surface area contributed by atoms with Crippen LogP contribution in [0.2, 0.25) is 5.02 Å². The number of alkyl carbamates (subject to hydrolysis) is 1. The summed E-state index contributed by atoms with van der Waals surface area (Å²) in [6.07, 6.45) is -0.470. The lowest BCUT2D eigenvalue weighted by Crippen LogP contribution is -2.53. The molecule has 2 aromatic carbocycles. The fraction of sp³-hybridized carbons (Fsp3) is 0.467. The van der Waals surface area contributed by atoms with Gasteiger partial charge in [0.2, 0.25) is 5.91 Å². The van der Waals surface area contributed by atoms with E-state index < -0.39 is 35.6 Å². The summed E-state index contributed by atoms with van der Waals surface area (Å²) in [5.41, 5.74) is 2.88. The number of nitrogens with zero attached hydrogens (tertiary/aromatic N) is 2. The van der Waals surface area contributed by atoms with E-state index in [1.165, 1.54) is 4.90 Å². The zero-order valence-electron chi connectivity index (χ0n) is 24.0. The van der Waals surface area contributed by atoms with Crippen LogP contribution in [0.25, 0.3) is 0 Å². The van der Waals surface area contributed by atoms with Gasteiger partial charge in [-0.3, -0.25) is 9.59 Å². The van der Waals surface area contributed by atoms with Gasteiger partial charge < -0.3 is 20.3 Å². The Morgan fingerprint density at radius 1 is 1.05 bits per heavy atom. The second-order valence-corrected chi connectivity index (χ2v) is 11.5. The van der Waals surface area contributed by atoms with Crippen LogP contribution in [-0.4, -0.2) is 41.0 Å². The molecule has 0 aliphatic carbocycles. The van der Waals surface area contributed by atoms with Gasteiger partial charge in [0.05, 0.1) is 16.8 Å². The van der Waals surface area contributed by atoms with Crippen molar-refractivity contribution in [3.8, 4) is 6.07 Å². The van der Waals surface area contributed by atoms with Crippen molar-refractivity contribution in [2.75, 3.05) is 11.9 Å². The Morgan fingerprint density at radius 2 is 1.72 bits per heavy atom. The molecule has 2 rings (SSSR count). The third-order valence-electron chi connectivity index (χ3n) is 6.10. The van der Waals surface area contributed by atoms with Crippen LogP contribution in [0.1, 0.15) is 69.3 Å². The Kier molecular flexibility index (Phi) is 10.9. The number of amides is 3. The van der Waals surface area contributed by atoms with Crippen molar-refractivity contribution in [1.82, 2.24) is 10.2 Å². The smallest absolute Gasteiger partial charge is 0.408 e. The number of para-hydroxylation sites is 1. The van der Waals surface area contributed by atoms with Crippen LogP contribution in [0.3, 0.4) is 0 Å². The highest BCUT2D eigenvalue weighted by Crippen LogP contribution is 2.30. The predicted molar refractivity (Wildman–Crippen MR) is 153 cm³/mol. The lowest BCUT2D eigenvalue weighted by molar-refractivity contribution is -0.140. The number of hydrogen-bond donors (Lipinski definition) is 2. The number of ether oxygens (including phenoxy) is 1. The summed E-state index contributed by atoms with van der Waals surface area (Å²) in [4.78, 5) is 41.8. The second kappa shape index (κ2) is 13.5. The van der Waals surface area contributed by atoms with Crippen LogP contribution in [0, 0.1) is 38.0 Å². The molecule has 0 spiro atoms. The molecule has 0 aliphatic heterocycles. The summed E-state index contributed by atoms with van der Waals surface area (Å²) in [5, 5.41) is 15.6. The van der Waals surface area contributed by atoms with E-state index in [2.05, 4.69) is 10.6 Å². The predicted octanol–water partition coefficient (Wildman–Crippen LogP) is 6.24. The van der Waals surface area contributed by atoms with Gasteiger partial charge >= 0.3 is 6.09 Å². The number of carbonyl (C=O) groups excluding carboxylic acids is 3. The molecule has 0 fully saturated rings. The number of aryl methyl sites for hydroxylation is 3. The maximum absolute atomic E-state index is 14.0. The first-order valence-electron chi connectivity index (χ1n) is 12.9. The summed E-state index contributed by atoms with van der Waals surface area (Å²) in [6.45, 7) is 14.3. The maximum Gasteiger partial charge on any atom is 0.408 e. The van der Waals surface area contributed by atoms with Gasteiger partial charge in [0.25, 0.3) is 5.91 Å². The number of halogens is 1. The molecule has 8 nitrogen and oxygen atoms in total. The Hall–Kier alpha value is -3.57. The minimum absolute atomic E-state index is 0.0255. The minimum atomic E-state index is -1.16. The Labute approximate surface area is 236 Å². The van der Waals surface area contributed by atoms with Gasteiger partial charge in [-0.2, -0.15) is 5.26 Å². The molecule has 2 aromatic rings. The summed E-state index contributed by atoms with van der Waals surface area (Å²) >= 11 is 6.38. The zero-order valence-corrected chi connectivity index (χ0v) is 24.8. The van der Waals surface area contributed by atoms with Gasteiger partial charge in [-0.25, -0.2) is 4.79 Å². The quantitative estimate of drug-likeness (QED) is 0.356. The van der Waals surface area contributed by atoms with Gasteiger partial charge in [0, 0.05) is 0 Å². The topological polar surface area (TPSA) is 112 Å². The van der Waals surface area contributed by atoms with Crippen molar-refractivity contribution in [2.45, 2.75) is 79.5 Å². The lowest BCUT2D eigenvalue weighted by atomic mass is 9.97. The molecule has 0 bridgehead atoms. The molecule has 2 N–H and O–H groups in total. The monoisotopic (exact) mass is 554 g/mol. The highest BCUT2D eigenvalue weighted by atomic mass is 35.5. The molecule has 2 atom stereocenters. The number of carbonyl (C=O) groups is 3. The SMILES string of the molecule is Cc1ccc(C(C(=O)Nc2c(C)cccc2Cl)N(CC#N)C(=O)C(CC(C)C)NC(=O)OC(C)(C)C)cc1C. The number of benzene rings is 2. The van der Waals surface area contributed by atoms with Crippen LogP contribution >= 0.6 is 11.6 Å². The zero-order chi connectivity index (χ0) is 29.5.